The molecule has 7 nitrogen and oxygen atoms in total. The number of hydroxylamine groups is 2. The number of ether oxygens (including phenoxy) is 2. The molecule has 0 aromatic rings. The molecule has 0 radical (unpaired) electrons. The zero-order valence-corrected chi connectivity index (χ0v) is 28.0. The average molecular weight is 569 g/mol. The van der Waals surface area contributed by atoms with Gasteiger partial charge in [-0.15, -0.1) is 0 Å². The lowest BCUT2D eigenvalue weighted by Crippen LogP contribution is -2.60. The van der Waals surface area contributed by atoms with Gasteiger partial charge in [0.05, 0.1) is 0 Å². The zero-order valence-electron chi connectivity index (χ0n) is 28.0. The van der Waals surface area contributed by atoms with Crippen LogP contribution in [0.5, 0.6) is 0 Å². The summed E-state index contributed by atoms with van der Waals surface area (Å²) < 4.78 is 11.4. The summed E-state index contributed by atoms with van der Waals surface area (Å²) in [6, 6.07) is 0. The Morgan fingerprint density at radius 1 is 0.625 bits per heavy atom. The van der Waals surface area contributed by atoms with Crippen LogP contribution in [0.3, 0.4) is 0 Å². The van der Waals surface area contributed by atoms with E-state index in [1.807, 2.05) is 27.7 Å². The second kappa shape index (κ2) is 15.9. The lowest BCUT2D eigenvalue weighted by molar-refractivity contribution is -0.259. The van der Waals surface area contributed by atoms with Crippen LogP contribution in [0.4, 0.5) is 0 Å². The minimum absolute atomic E-state index is 0.0395. The monoisotopic (exact) mass is 568 g/mol. The molecule has 2 saturated heterocycles. The van der Waals surface area contributed by atoms with Crippen molar-refractivity contribution in [3.8, 4) is 0 Å². The molecule has 236 valence electrons. The number of piperidine rings is 2. The molecule has 1 N–H and O–H groups in total. The fourth-order valence-electron chi connectivity index (χ4n) is 6.52. The third-order valence-corrected chi connectivity index (χ3v) is 8.94. The number of hydrogen-bond donors (Lipinski definition) is 1. The van der Waals surface area contributed by atoms with Crippen molar-refractivity contribution in [2.45, 2.75) is 193 Å². The third kappa shape index (κ3) is 12.0. The van der Waals surface area contributed by atoms with Gasteiger partial charge in [-0.25, -0.2) is 0 Å². The molecule has 2 heterocycles. The summed E-state index contributed by atoms with van der Waals surface area (Å²) in [5.74, 6) is -0.540. The molecule has 0 bridgehead atoms. The van der Waals surface area contributed by atoms with Gasteiger partial charge < -0.3 is 14.7 Å². The maximum atomic E-state index is 12.4. The molecule has 0 aliphatic carbocycles. The topological polar surface area (TPSA) is 79.3 Å². The van der Waals surface area contributed by atoms with Gasteiger partial charge in [0.25, 0.3) is 0 Å². The van der Waals surface area contributed by atoms with Gasteiger partial charge >= 0.3 is 11.9 Å². The van der Waals surface area contributed by atoms with E-state index in [4.69, 9.17) is 9.47 Å². The first-order valence-electron chi connectivity index (χ1n) is 16.0. The quantitative estimate of drug-likeness (QED) is 0.188. The van der Waals surface area contributed by atoms with Crippen molar-refractivity contribution in [2.75, 3.05) is 7.05 Å². The van der Waals surface area contributed by atoms with E-state index in [1.54, 1.807) is 0 Å². The first-order chi connectivity index (χ1) is 18.4. The number of nitrogens with zero attached hydrogens (tertiary/aromatic N) is 2. The van der Waals surface area contributed by atoms with E-state index in [2.05, 4.69) is 53.5 Å². The maximum absolute atomic E-state index is 12.4. The second-order valence-corrected chi connectivity index (χ2v) is 14.8. The number of carbonyl (C=O) groups is 2. The molecule has 0 aromatic heterocycles. The lowest BCUT2D eigenvalue weighted by atomic mass is 9.79. The highest BCUT2D eigenvalue weighted by molar-refractivity contribution is 5.72. The van der Waals surface area contributed by atoms with Crippen LogP contribution in [-0.4, -0.2) is 68.5 Å². The number of unbranched alkanes of at least 4 members (excludes halogenated alkanes) is 6. The Balaban J connectivity index is 0.000000763. The molecule has 0 saturated carbocycles. The normalized spacial score (nSPS) is 22.7. The highest BCUT2D eigenvalue weighted by Crippen LogP contribution is 2.39. The average Bonchev–Trinajstić information content (AvgIpc) is 2.80. The van der Waals surface area contributed by atoms with Crippen molar-refractivity contribution < 1.29 is 24.3 Å². The van der Waals surface area contributed by atoms with Crippen LogP contribution in [0, 0.1) is 0 Å². The van der Waals surface area contributed by atoms with E-state index >= 15 is 0 Å². The Bertz CT molecular complexity index is 679. The zero-order chi connectivity index (χ0) is 30.8. The molecular formula is C33H64N2O5. The Labute approximate surface area is 246 Å². The summed E-state index contributed by atoms with van der Waals surface area (Å²) in [6.45, 7) is 21.0. The summed E-state index contributed by atoms with van der Waals surface area (Å²) in [5.41, 5.74) is -1.01. The maximum Gasteiger partial charge on any atom is 0.306 e. The van der Waals surface area contributed by atoms with E-state index < -0.39 is 11.1 Å². The van der Waals surface area contributed by atoms with Gasteiger partial charge in [0.15, 0.2) is 0 Å². The molecule has 2 aliphatic rings. The minimum atomic E-state index is -0.466. The van der Waals surface area contributed by atoms with Gasteiger partial charge in [0.2, 0.25) is 0 Å². The summed E-state index contributed by atoms with van der Waals surface area (Å²) in [6.07, 6.45) is 13.2. The first kappa shape index (κ1) is 36.8. The van der Waals surface area contributed by atoms with Crippen LogP contribution in [0.25, 0.3) is 0 Å². The van der Waals surface area contributed by atoms with Crippen molar-refractivity contribution in [3.05, 3.63) is 0 Å². The highest BCUT2D eigenvalue weighted by Gasteiger charge is 2.46. The van der Waals surface area contributed by atoms with Gasteiger partial charge in [-0.2, -0.15) is 5.06 Å². The van der Waals surface area contributed by atoms with Gasteiger partial charge in [0.1, 0.15) is 12.2 Å². The predicted molar refractivity (Wildman–Crippen MR) is 163 cm³/mol. The molecule has 0 unspecified atom stereocenters. The van der Waals surface area contributed by atoms with Crippen molar-refractivity contribution >= 4 is 11.9 Å². The molecule has 0 spiro atoms. The summed E-state index contributed by atoms with van der Waals surface area (Å²) in [7, 11) is 2.12. The fraction of sp³-hybridized carbons (Fsp3) is 0.939. The largest absolute Gasteiger partial charge is 0.462 e. The van der Waals surface area contributed by atoms with E-state index in [0.717, 1.165) is 12.8 Å². The van der Waals surface area contributed by atoms with Crippen LogP contribution in [0.15, 0.2) is 0 Å². The summed E-state index contributed by atoms with van der Waals surface area (Å²) in [5, 5.41) is 11.7. The van der Waals surface area contributed by atoms with Gasteiger partial charge in [-0.3, -0.25) is 14.5 Å². The third-order valence-electron chi connectivity index (χ3n) is 8.94. The number of rotatable bonds is 12. The number of likely N-dealkylation sites (tertiary alicyclic amines) is 1. The molecule has 7 heteroatoms. The number of hydrogen-bond acceptors (Lipinski definition) is 7. The first-order valence-corrected chi connectivity index (χ1v) is 16.0. The van der Waals surface area contributed by atoms with Crippen LogP contribution in [0.2, 0.25) is 0 Å². The van der Waals surface area contributed by atoms with E-state index in [0.29, 0.717) is 19.3 Å². The Morgan fingerprint density at radius 3 is 1.30 bits per heavy atom. The second-order valence-electron chi connectivity index (χ2n) is 14.8. The Kier molecular flexibility index (Phi) is 14.6. The molecule has 2 fully saturated rings. The standard InChI is InChI=1S/C24H44N2O5.C9H20/c1-21(2)13-17(14-22(3,4)25(21)9)30-19(27)11-10-12-20(28)31-18-15-23(5,6)26(29)24(7,8)16-18;1-3-5-7-9-8-6-4-2/h17-18,29H,10-16H2,1-9H3;3-9H2,1-2H3. The summed E-state index contributed by atoms with van der Waals surface area (Å²) >= 11 is 0. The van der Waals surface area contributed by atoms with Gasteiger partial charge in [0, 0.05) is 60.7 Å². The molecule has 2 aliphatic heterocycles. The smallest absolute Gasteiger partial charge is 0.306 e. The molecule has 40 heavy (non-hydrogen) atoms. The molecular weight excluding hydrogens is 504 g/mol. The minimum Gasteiger partial charge on any atom is -0.462 e. The summed E-state index contributed by atoms with van der Waals surface area (Å²) in [4.78, 5) is 27.1. The number of carbonyl (C=O) groups excluding carboxylic acids is 2. The molecule has 0 atom stereocenters. The van der Waals surface area contributed by atoms with E-state index in [9.17, 15) is 14.8 Å². The highest BCUT2D eigenvalue weighted by atomic mass is 16.6. The Hall–Kier alpha value is -1.18. The number of esters is 2. The van der Waals surface area contributed by atoms with E-state index in [1.165, 1.54) is 50.0 Å². The molecule has 0 amide bonds. The van der Waals surface area contributed by atoms with E-state index in [-0.39, 0.29) is 48.1 Å². The van der Waals surface area contributed by atoms with Crippen molar-refractivity contribution in [1.82, 2.24) is 9.96 Å². The predicted octanol–water partition coefficient (Wildman–Crippen LogP) is 8.06. The van der Waals surface area contributed by atoms with Crippen LogP contribution >= 0.6 is 0 Å². The fourth-order valence-corrected chi connectivity index (χ4v) is 6.52. The van der Waals surface area contributed by atoms with Gasteiger partial charge in [-0.1, -0.05) is 58.8 Å². The van der Waals surface area contributed by atoms with Crippen molar-refractivity contribution in [3.63, 3.8) is 0 Å². The van der Waals surface area contributed by atoms with Crippen LogP contribution in [-0.2, 0) is 19.1 Å². The Morgan fingerprint density at radius 2 is 0.950 bits per heavy atom. The molecule has 0 aromatic carbocycles. The molecule has 2 rings (SSSR count). The van der Waals surface area contributed by atoms with Gasteiger partial charge in [-0.05, 0) is 68.9 Å². The lowest BCUT2D eigenvalue weighted by Gasteiger charge is -2.53. The van der Waals surface area contributed by atoms with Crippen molar-refractivity contribution in [1.29, 1.82) is 0 Å². The SMILES string of the molecule is CCCCCCCCC.CN1C(C)(C)CC(OC(=O)CCCC(=O)OC2CC(C)(C)N(O)C(C)(C)C2)CC1(C)C. The van der Waals surface area contributed by atoms with Crippen molar-refractivity contribution in [2.24, 2.45) is 0 Å². The van der Waals surface area contributed by atoms with Crippen LogP contribution in [0.1, 0.15) is 159 Å². The van der Waals surface area contributed by atoms with Crippen LogP contribution < -0.4 is 0 Å².